The first-order valence-electron chi connectivity index (χ1n) is 9.87. The fraction of sp³-hybridized carbons (Fsp3) is 0.591. The predicted molar refractivity (Wildman–Crippen MR) is 108 cm³/mol. The Labute approximate surface area is 157 Å². The number of allylic oxidation sites excluding steroid dienone is 1. The number of carbonyl (C=O) groups is 1. The van der Waals surface area contributed by atoms with Gasteiger partial charge in [0.25, 0.3) is 0 Å². The summed E-state index contributed by atoms with van der Waals surface area (Å²) in [6.07, 6.45) is 5.84. The Hall–Kier alpha value is -1.81. The highest BCUT2D eigenvalue weighted by Gasteiger charge is 2.37. The number of rotatable bonds is 4. The lowest BCUT2D eigenvalue weighted by Gasteiger charge is -2.43. The maximum absolute atomic E-state index is 13.3. The fourth-order valence-electron chi connectivity index (χ4n) is 4.36. The fourth-order valence-corrected chi connectivity index (χ4v) is 4.36. The second-order valence-electron chi connectivity index (χ2n) is 8.14. The molecule has 0 aliphatic carbocycles. The smallest absolute Gasteiger partial charge is 0.241 e. The third-order valence-corrected chi connectivity index (χ3v) is 5.62. The minimum absolute atomic E-state index is 0.179. The summed E-state index contributed by atoms with van der Waals surface area (Å²) < 4.78 is 5.66. The van der Waals surface area contributed by atoms with Gasteiger partial charge in [0.15, 0.2) is 0 Å². The molecule has 0 spiro atoms. The van der Waals surface area contributed by atoms with Gasteiger partial charge in [-0.05, 0) is 77.8 Å². The molecule has 1 aromatic rings. The summed E-state index contributed by atoms with van der Waals surface area (Å²) in [6, 6.07) is 6.55. The summed E-state index contributed by atoms with van der Waals surface area (Å²) in [5.74, 6) is 1.04. The van der Waals surface area contributed by atoms with Crippen LogP contribution in [0, 0.1) is 0 Å². The van der Waals surface area contributed by atoms with Crippen LogP contribution in [0.15, 0.2) is 24.3 Å². The van der Waals surface area contributed by atoms with Crippen molar-refractivity contribution in [3.05, 3.63) is 29.8 Å². The zero-order valence-electron chi connectivity index (χ0n) is 16.8. The maximum Gasteiger partial charge on any atom is 0.241 e. The standard InChI is InChI=1S/C22H32N2O2/c1-6-26-18-10-11-20-19(13-18)16(2)14-22(4,5)24(20)21(25)15-23-12-8-7-9-17(23)3/h10-11,13-14,17H,6-9,12,15H2,1-5H3/t17-/m1/s1. The monoisotopic (exact) mass is 356 g/mol. The normalized spacial score (nSPS) is 22.6. The number of hydrogen-bond donors (Lipinski definition) is 0. The predicted octanol–water partition coefficient (Wildman–Crippen LogP) is 4.49. The zero-order valence-corrected chi connectivity index (χ0v) is 16.8. The van der Waals surface area contributed by atoms with Gasteiger partial charge in [-0.15, -0.1) is 0 Å². The molecule has 1 aromatic carbocycles. The van der Waals surface area contributed by atoms with Gasteiger partial charge in [-0.1, -0.05) is 12.5 Å². The van der Waals surface area contributed by atoms with E-state index in [1.807, 2.05) is 24.0 Å². The topological polar surface area (TPSA) is 32.8 Å². The van der Waals surface area contributed by atoms with Crippen molar-refractivity contribution in [1.82, 2.24) is 4.90 Å². The van der Waals surface area contributed by atoms with E-state index in [2.05, 4.69) is 44.7 Å². The lowest BCUT2D eigenvalue weighted by molar-refractivity contribution is -0.121. The second-order valence-corrected chi connectivity index (χ2v) is 8.14. The molecule has 0 saturated carbocycles. The molecule has 0 aromatic heterocycles. The van der Waals surface area contributed by atoms with Crippen LogP contribution in [-0.2, 0) is 4.79 Å². The van der Waals surface area contributed by atoms with E-state index >= 15 is 0 Å². The van der Waals surface area contributed by atoms with Crippen LogP contribution in [0.5, 0.6) is 5.75 Å². The maximum atomic E-state index is 13.3. The summed E-state index contributed by atoms with van der Waals surface area (Å²) in [6.45, 7) is 12.7. The Kier molecular flexibility index (Phi) is 5.42. The van der Waals surface area contributed by atoms with Gasteiger partial charge in [-0.25, -0.2) is 0 Å². The number of likely N-dealkylation sites (tertiary alicyclic amines) is 1. The lowest BCUT2D eigenvalue weighted by Crippen LogP contribution is -2.53. The Morgan fingerprint density at radius 3 is 2.77 bits per heavy atom. The summed E-state index contributed by atoms with van der Waals surface area (Å²) in [7, 11) is 0. The highest BCUT2D eigenvalue weighted by molar-refractivity contribution is 6.01. The molecule has 2 aliphatic heterocycles. The second kappa shape index (κ2) is 7.43. The quantitative estimate of drug-likeness (QED) is 0.797. The molecule has 26 heavy (non-hydrogen) atoms. The van der Waals surface area contributed by atoms with Gasteiger partial charge in [0, 0.05) is 11.6 Å². The number of amides is 1. The molecule has 1 amide bonds. The minimum Gasteiger partial charge on any atom is -0.494 e. The molecule has 0 bridgehead atoms. The van der Waals surface area contributed by atoms with Crippen LogP contribution in [0.2, 0.25) is 0 Å². The van der Waals surface area contributed by atoms with Crippen molar-refractivity contribution in [2.24, 2.45) is 0 Å². The molecule has 2 heterocycles. The van der Waals surface area contributed by atoms with E-state index in [-0.39, 0.29) is 11.4 Å². The molecule has 142 valence electrons. The molecule has 4 nitrogen and oxygen atoms in total. The first-order valence-corrected chi connectivity index (χ1v) is 9.87. The average Bonchev–Trinajstić information content (AvgIpc) is 2.57. The first-order chi connectivity index (χ1) is 12.3. The number of nitrogens with zero attached hydrogens (tertiary/aromatic N) is 2. The van der Waals surface area contributed by atoms with Crippen molar-refractivity contribution < 1.29 is 9.53 Å². The SMILES string of the molecule is CCOc1ccc2c(c1)C(C)=CC(C)(C)N2C(=O)CN1CCCC[C@H]1C. The van der Waals surface area contributed by atoms with Crippen molar-refractivity contribution in [3.63, 3.8) is 0 Å². The largest absolute Gasteiger partial charge is 0.494 e. The highest BCUT2D eigenvalue weighted by atomic mass is 16.5. The van der Waals surface area contributed by atoms with E-state index in [9.17, 15) is 4.79 Å². The van der Waals surface area contributed by atoms with Crippen molar-refractivity contribution in [1.29, 1.82) is 0 Å². The third-order valence-electron chi connectivity index (χ3n) is 5.62. The van der Waals surface area contributed by atoms with Crippen molar-refractivity contribution >= 4 is 17.2 Å². The molecule has 1 saturated heterocycles. The van der Waals surface area contributed by atoms with Gasteiger partial charge in [0.2, 0.25) is 5.91 Å². The Morgan fingerprint density at radius 2 is 2.08 bits per heavy atom. The summed E-state index contributed by atoms with van der Waals surface area (Å²) in [5.41, 5.74) is 2.95. The average molecular weight is 357 g/mol. The van der Waals surface area contributed by atoms with E-state index in [1.54, 1.807) is 0 Å². The van der Waals surface area contributed by atoms with E-state index in [4.69, 9.17) is 4.74 Å². The minimum atomic E-state index is -0.333. The Balaban J connectivity index is 1.91. The van der Waals surface area contributed by atoms with Gasteiger partial charge in [-0.3, -0.25) is 9.69 Å². The van der Waals surface area contributed by atoms with Gasteiger partial charge in [-0.2, -0.15) is 0 Å². The van der Waals surface area contributed by atoms with Crippen LogP contribution in [0.3, 0.4) is 0 Å². The molecule has 2 aliphatic rings. The van der Waals surface area contributed by atoms with Crippen LogP contribution < -0.4 is 9.64 Å². The molecule has 4 heteroatoms. The van der Waals surface area contributed by atoms with Crippen LogP contribution in [-0.4, -0.2) is 42.1 Å². The molecule has 1 atom stereocenters. The van der Waals surface area contributed by atoms with E-state index in [0.717, 1.165) is 23.5 Å². The third kappa shape index (κ3) is 3.66. The molecule has 3 rings (SSSR count). The number of benzene rings is 1. The summed E-state index contributed by atoms with van der Waals surface area (Å²) in [4.78, 5) is 17.6. The molecule has 0 radical (unpaired) electrons. The van der Waals surface area contributed by atoms with Crippen LogP contribution in [0.1, 0.15) is 59.4 Å². The van der Waals surface area contributed by atoms with Gasteiger partial charge in [0.1, 0.15) is 5.75 Å². The summed E-state index contributed by atoms with van der Waals surface area (Å²) >= 11 is 0. The number of anilines is 1. The van der Waals surface area contributed by atoms with Gasteiger partial charge in [0.05, 0.1) is 24.4 Å². The molecule has 0 unspecified atom stereocenters. The number of piperidine rings is 1. The van der Waals surface area contributed by atoms with Crippen LogP contribution in [0.25, 0.3) is 5.57 Å². The van der Waals surface area contributed by atoms with E-state index in [0.29, 0.717) is 19.2 Å². The zero-order chi connectivity index (χ0) is 18.9. The van der Waals surface area contributed by atoms with Crippen molar-refractivity contribution in [3.8, 4) is 5.75 Å². The van der Waals surface area contributed by atoms with E-state index < -0.39 is 0 Å². The van der Waals surface area contributed by atoms with E-state index in [1.165, 1.54) is 24.8 Å². The number of ether oxygens (including phenoxy) is 1. The highest BCUT2D eigenvalue weighted by Crippen LogP contribution is 2.40. The van der Waals surface area contributed by atoms with Crippen LogP contribution in [0.4, 0.5) is 5.69 Å². The van der Waals surface area contributed by atoms with Gasteiger partial charge < -0.3 is 9.64 Å². The molecule has 1 fully saturated rings. The Morgan fingerprint density at radius 1 is 1.31 bits per heavy atom. The van der Waals surface area contributed by atoms with Crippen molar-refractivity contribution in [2.75, 3.05) is 24.6 Å². The molecular formula is C22H32N2O2. The van der Waals surface area contributed by atoms with Crippen molar-refractivity contribution in [2.45, 2.75) is 65.5 Å². The number of carbonyl (C=O) groups excluding carboxylic acids is 1. The first kappa shape index (κ1) is 19.0. The Bertz CT molecular complexity index is 708. The lowest BCUT2D eigenvalue weighted by atomic mass is 9.88. The molecule has 0 N–H and O–H groups in total. The van der Waals surface area contributed by atoms with Gasteiger partial charge >= 0.3 is 0 Å². The number of fused-ring (bicyclic) bond motifs is 1. The molecular weight excluding hydrogens is 324 g/mol. The number of hydrogen-bond acceptors (Lipinski definition) is 3. The van der Waals surface area contributed by atoms with Crippen LogP contribution >= 0.6 is 0 Å². The summed E-state index contributed by atoms with van der Waals surface area (Å²) in [5, 5.41) is 0.